The number of rotatable bonds is 2. The molecule has 0 aliphatic rings. The van der Waals surface area contributed by atoms with Crippen LogP contribution < -0.4 is 5.32 Å². The average molecular weight is 282 g/mol. The number of halogens is 1. The first kappa shape index (κ1) is 10.7. The van der Waals surface area contributed by atoms with Crippen molar-refractivity contribution < 1.29 is 4.79 Å². The summed E-state index contributed by atoms with van der Waals surface area (Å²) in [6, 6.07) is 3.49. The van der Waals surface area contributed by atoms with E-state index in [0.717, 1.165) is 0 Å². The molecular weight excluding hydrogens is 274 g/mol. The lowest BCUT2D eigenvalue weighted by atomic mass is 10.3. The van der Waals surface area contributed by atoms with E-state index in [1.807, 2.05) is 0 Å². The number of aromatic nitrogens is 4. The van der Waals surface area contributed by atoms with Crippen molar-refractivity contribution in [2.24, 2.45) is 7.05 Å². The first-order valence-corrected chi connectivity index (χ1v) is 5.23. The summed E-state index contributed by atoms with van der Waals surface area (Å²) in [6.45, 7) is 0. The molecular formula is C9H8BrN5O. The number of hydrogen-bond acceptors (Lipinski definition) is 4. The Labute approximate surface area is 99.8 Å². The smallest absolute Gasteiger partial charge is 0.277 e. The number of carbonyl (C=O) groups excluding carboxylic acids is 1. The third kappa shape index (κ3) is 2.08. The lowest BCUT2D eigenvalue weighted by Gasteiger charge is -2.04. The molecule has 6 nitrogen and oxygen atoms in total. The second-order valence-electron chi connectivity index (χ2n) is 3.00. The van der Waals surface area contributed by atoms with Crippen LogP contribution >= 0.6 is 15.9 Å². The summed E-state index contributed by atoms with van der Waals surface area (Å²) in [7, 11) is 1.69. The van der Waals surface area contributed by atoms with Gasteiger partial charge >= 0.3 is 0 Å². The zero-order valence-electron chi connectivity index (χ0n) is 8.38. The van der Waals surface area contributed by atoms with Crippen molar-refractivity contribution in [1.82, 2.24) is 19.7 Å². The summed E-state index contributed by atoms with van der Waals surface area (Å²) in [5, 5.41) is 6.45. The van der Waals surface area contributed by atoms with Gasteiger partial charge in [0, 0.05) is 17.7 Å². The highest BCUT2D eigenvalue weighted by molar-refractivity contribution is 9.10. The van der Waals surface area contributed by atoms with E-state index in [1.165, 1.54) is 11.0 Å². The highest BCUT2D eigenvalue weighted by Crippen LogP contribution is 2.14. The number of anilines is 1. The molecule has 16 heavy (non-hydrogen) atoms. The molecule has 0 saturated heterocycles. The molecule has 2 aromatic rings. The van der Waals surface area contributed by atoms with Crippen LogP contribution in [0.4, 0.5) is 5.95 Å². The Morgan fingerprint density at radius 2 is 2.31 bits per heavy atom. The monoisotopic (exact) mass is 281 g/mol. The predicted molar refractivity (Wildman–Crippen MR) is 60.9 cm³/mol. The van der Waals surface area contributed by atoms with Crippen molar-refractivity contribution in [3.8, 4) is 0 Å². The van der Waals surface area contributed by atoms with Gasteiger partial charge < -0.3 is 0 Å². The van der Waals surface area contributed by atoms with Gasteiger partial charge in [-0.15, -0.1) is 0 Å². The molecule has 0 aliphatic heterocycles. The van der Waals surface area contributed by atoms with Crippen LogP contribution in [-0.2, 0) is 7.05 Å². The van der Waals surface area contributed by atoms with E-state index < -0.39 is 0 Å². The normalized spacial score (nSPS) is 10.1. The van der Waals surface area contributed by atoms with Gasteiger partial charge in [0.2, 0.25) is 5.95 Å². The fraction of sp³-hybridized carbons (Fsp3) is 0.111. The lowest BCUT2D eigenvalue weighted by Crippen LogP contribution is -2.17. The molecule has 0 fully saturated rings. The van der Waals surface area contributed by atoms with Gasteiger partial charge in [-0.1, -0.05) is 0 Å². The average Bonchev–Trinajstić information content (AvgIpc) is 2.65. The quantitative estimate of drug-likeness (QED) is 0.899. The van der Waals surface area contributed by atoms with Crippen LogP contribution in [-0.4, -0.2) is 25.7 Å². The maximum absolute atomic E-state index is 11.8. The van der Waals surface area contributed by atoms with E-state index in [4.69, 9.17) is 0 Å². The molecule has 2 rings (SSSR count). The molecule has 1 amide bonds. The summed E-state index contributed by atoms with van der Waals surface area (Å²) < 4.78 is 2.10. The molecule has 1 N–H and O–H groups in total. The van der Waals surface area contributed by atoms with Crippen LogP contribution in [0.3, 0.4) is 0 Å². The maximum Gasteiger partial charge on any atom is 0.277 e. The van der Waals surface area contributed by atoms with E-state index in [0.29, 0.717) is 16.1 Å². The molecule has 0 aromatic carbocycles. The minimum absolute atomic E-state index is 0.311. The van der Waals surface area contributed by atoms with Crippen molar-refractivity contribution in [3.63, 3.8) is 0 Å². The first-order valence-electron chi connectivity index (χ1n) is 4.44. The molecule has 0 atom stereocenters. The number of aryl methyl sites for hydroxylation is 1. The number of hydrogen-bond donors (Lipinski definition) is 1. The third-order valence-electron chi connectivity index (χ3n) is 1.91. The molecule has 82 valence electrons. The van der Waals surface area contributed by atoms with Gasteiger partial charge in [-0.25, -0.2) is 9.67 Å². The Hall–Kier alpha value is -1.76. The fourth-order valence-corrected chi connectivity index (χ4v) is 1.56. The minimum Gasteiger partial charge on any atom is -0.289 e. The summed E-state index contributed by atoms with van der Waals surface area (Å²) in [5.74, 6) is 0.0473. The van der Waals surface area contributed by atoms with E-state index >= 15 is 0 Å². The van der Waals surface area contributed by atoms with Crippen molar-refractivity contribution in [3.05, 3.63) is 34.8 Å². The fourth-order valence-electron chi connectivity index (χ4n) is 1.12. The first-order chi connectivity index (χ1) is 7.68. The van der Waals surface area contributed by atoms with Crippen LogP contribution in [0.1, 0.15) is 10.5 Å². The van der Waals surface area contributed by atoms with Gasteiger partial charge in [0.25, 0.3) is 5.91 Å². The molecule has 2 aromatic heterocycles. The Balaban J connectivity index is 2.22. The molecule has 0 unspecified atom stereocenters. The van der Waals surface area contributed by atoms with Gasteiger partial charge in [-0.2, -0.15) is 10.1 Å². The van der Waals surface area contributed by atoms with E-state index in [2.05, 4.69) is 36.3 Å². The highest BCUT2D eigenvalue weighted by atomic mass is 79.9. The Bertz CT molecular complexity index is 524. The van der Waals surface area contributed by atoms with Gasteiger partial charge in [-0.05, 0) is 28.1 Å². The Morgan fingerprint density at radius 3 is 2.94 bits per heavy atom. The summed E-state index contributed by atoms with van der Waals surface area (Å²) in [4.78, 5) is 19.7. The molecule has 0 radical (unpaired) electrons. The summed E-state index contributed by atoms with van der Waals surface area (Å²) >= 11 is 3.25. The van der Waals surface area contributed by atoms with E-state index in [9.17, 15) is 4.79 Å². The molecule has 0 aliphatic carbocycles. The van der Waals surface area contributed by atoms with Gasteiger partial charge in [-0.3, -0.25) is 10.1 Å². The molecule has 0 bridgehead atoms. The zero-order valence-corrected chi connectivity index (χ0v) is 9.97. The summed E-state index contributed by atoms with van der Waals surface area (Å²) in [6.07, 6.45) is 2.92. The van der Waals surface area contributed by atoms with Crippen molar-refractivity contribution in [2.45, 2.75) is 0 Å². The number of amides is 1. The van der Waals surface area contributed by atoms with Crippen LogP contribution in [0.2, 0.25) is 0 Å². The Morgan fingerprint density at radius 1 is 1.50 bits per heavy atom. The number of pyridine rings is 1. The standard InChI is InChI=1S/C9H8BrN5O/c1-15-9(12-5-13-15)14-8(16)7-6(10)3-2-4-11-7/h2-5H,1H3,(H,12,13,14,16). The second kappa shape index (κ2) is 4.40. The number of nitrogens with one attached hydrogen (secondary N) is 1. The SMILES string of the molecule is Cn1ncnc1NC(=O)c1ncccc1Br. The maximum atomic E-state index is 11.8. The predicted octanol–water partition coefficient (Wildman–Crippen LogP) is 1.22. The van der Waals surface area contributed by atoms with Crippen molar-refractivity contribution in [2.75, 3.05) is 5.32 Å². The molecule has 2 heterocycles. The van der Waals surface area contributed by atoms with Crippen LogP contribution in [0, 0.1) is 0 Å². The lowest BCUT2D eigenvalue weighted by molar-refractivity contribution is 0.102. The summed E-state index contributed by atoms with van der Waals surface area (Å²) in [5.41, 5.74) is 0.311. The largest absolute Gasteiger partial charge is 0.289 e. The van der Waals surface area contributed by atoms with E-state index in [1.54, 1.807) is 25.4 Å². The minimum atomic E-state index is -0.330. The van der Waals surface area contributed by atoms with Crippen molar-refractivity contribution in [1.29, 1.82) is 0 Å². The van der Waals surface area contributed by atoms with Crippen LogP contribution in [0.25, 0.3) is 0 Å². The van der Waals surface area contributed by atoms with Crippen LogP contribution in [0.15, 0.2) is 29.1 Å². The number of nitrogens with zero attached hydrogens (tertiary/aromatic N) is 4. The number of carbonyl (C=O) groups is 1. The third-order valence-corrected chi connectivity index (χ3v) is 2.55. The van der Waals surface area contributed by atoms with Crippen LogP contribution in [0.5, 0.6) is 0 Å². The van der Waals surface area contributed by atoms with Crippen molar-refractivity contribution >= 4 is 27.8 Å². The molecule has 0 spiro atoms. The van der Waals surface area contributed by atoms with E-state index in [-0.39, 0.29) is 5.91 Å². The van der Waals surface area contributed by atoms with Gasteiger partial charge in [0.15, 0.2) is 0 Å². The topological polar surface area (TPSA) is 72.7 Å². The second-order valence-corrected chi connectivity index (χ2v) is 3.85. The molecule has 0 saturated carbocycles. The molecule has 7 heteroatoms. The van der Waals surface area contributed by atoms with Gasteiger partial charge in [0.1, 0.15) is 12.0 Å². The highest BCUT2D eigenvalue weighted by Gasteiger charge is 2.13. The zero-order chi connectivity index (χ0) is 11.5. The Kier molecular flexibility index (Phi) is 2.95. The van der Waals surface area contributed by atoms with Gasteiger partial charge in [0.05, 0.1) is 0 Å².